The molecular weight excluding hydrogens is 234 g/mol. The first-order valence-electron chi connectivity index (χ1n) is 5.72. The summed E-state index contributed by atoms with van der Waals surface area (Å²) in [7, 11) is 1.44. The number of ether oxygens (including phenoxy) is 2. The number of hydrogen-bond donors (Lipinski definition) is 1. The van der Waals surface area contributed by atoms with E-state index in [4.69, 9.17) is 9.47 Å². The highest BCUT2D eigenvalue weighted by molar-refractivity contribution is 5.94. The minimum atomic E-state index is -0.290. The summed E-state index contributed by atoms with van der Waals surface area (Å²) in [6, 6.07) is 4.89. The Kier molecular flexibility index (Phi) is 5.87. The summed E-state index contributed by atoms with van der Waals surface area (Å²) < 4.78 is 10.2. The van der Waals surface area contributed by atoms with E-state index in [9.17, 15) is 9.59 Å². The van der Waals surface area contributed by atoms with Gasteiger partial charge in [-0.25, -0.2) is 0 Å². The zero-order valence-electron chi connectivity index (χ0n) is 10.6. The second-order valence-electron chi connectivity index (χ2n) is 3.70. The molecular formula is C13H17NO4. The molecule has 1 N–H and O–H groups in total. The number of carbonyl (C=O) groups excluding carboxylic acids is 2. The van der Waals surface area contributed by atoms with Crippen molar-refractivity contribution in [1.29, 1.82) is 0 Å². The number of anilines is 1. The van der Waals surface area contributed by atoms with E-state index >= 15 is 0 Å². The molecule has 0 aliphatic rings. The third-order valence-corrected chi connectivity index (χ3v) is 2.15. The molecule has 1 rings (SSSR count). The molecule has 18 heavy (non-hydrogen) atoms. The summed E-state index contributed by atoms with van der Waals surface area (Å²) in [6.07, 6.45) is 1.58. The van der Waals surface area contributed by atoms with E-state index in [2.05, 4.69) is 5.32 Å². The second-order valence-corrected chi connectivity index (χ2v) is 3.70. The minimum absolute atomic E-state index is 0.0431. The number of aldehydes is 1. The lowest BCUT2D eigenvalue weighted by atomic mass is 10.2. The summed E-state index contributed by atoms with van der Waals surface area (Å²) >= 11 is 0. The average Bonchev–Trinajstić information content (AvgIpc) is 2.37. The maximum Gasteiger partial charge on any atom is 0.250 e. The van der Waals surface area contributed by atoms with Gasteiger partial charge in [-0.15, -0.1) is 0 Å². The van der Waals surface area contributed by atoms with Crippen LogP contribution in [-0.2, 0) is 9.53 Å². The first-order valence-corrected chi connectivity index (χ1v) is 5.72. The van der Waals surface area contributed by atoms with Crippen molar-refractivity contribution in [1.82, 2.24) is 0 Å². The minimum Gasteiger partial charge on any atom is -0.491 e. The number of benzene rings is 1. The molecule has 0 aromatic heterocycles. The largest absolute Gasteiger partial charge is 0.491 e. The lowest BCUT2D eigenvalue weighted by Crippen LogP contribution is -2.18. The first kappa shape index (κ1) is 14.2. The highest BCUT2D eigenvalue weighted by Crippen LogP contribution is 2.25. The van der Waals surface area contributed by atoms with Crippen LogP contribution >= 0.6 is 0 Å². The Labute approximate surface area is 106 Å². The topological polar surface area (TPSA) is 64.6 Å². The molecule has 0 spiro atoms. The van der Waals surface area contributed by atoms with E-state index in [0.29, 0.717) is 23.6 Å². The average molecular weight is 251 g/mol. The summed E-state index contributed by atoms with van der Waals surface area (Å²) in [4.78, 5) is 22.2. The molecule has 0 aliphatic heterocycles. The number of nitrogens with one attached hydrogen (secondary N) is 1. The summed E-state index contributed by atoms with van der Waals surface area (Å²) in [6.45, 7) is 2.50. The molecule has 0 saturated carbocycles. The fourth-order valence-corrected chi connectivity index (χ4v) is 1.37. The zero-order valence-corrected chi connectivity index (χ0v) is 10.6. The fourth-order valence-electron chi connectivity index (χ4n) is 1.37. The number of rotatable bonds is 7. The van der Waals surface area contributed by atoms with Crippen molar-refractivity contribution in [3.05, 3.63) is 23.8 Å². The van der Waals surface area contributed by atoms with Crippen LogP contribution in [0.5, 0.6) is 5.75 Å². The van der Waals surface area contributed by atoms with Crippen molar-refractivity contribution in [2.24, 2.45) is 0 Å². The maximum absolute atomic E-state index is 11.5. The number of hydrogen-bond acceptors (Lipinski definition) is 4. The highest BCUT2D eigenvalue weighted by atomic mass is 16.5. The van der Waals surface area contributed by atoms with Gasteiger partial charge >= 0.3 is 0 Å². The normalized spacial score (nSPS) is 9.89. The van der Waals surface area contributed by atoms with Gasteiger partial charge in [0.2, 0.25) is 5.91 Å². The molecule has 0 heterocycles. The van der Waals surface area contributed by atoms with Gasteiger partial charge in [0.05, 0.1) is 12.3 Å². The van der Waals surface area contributed by atoms with Crippen LogP contribution in [0.3, 0.4) is 0 Å². The Morgan fingerprint density at radius 3 is 2.83 bits per heavy atom. The van der Waals surface area contributed by atoms with Crippen molar-refractivity contribution < 1.29 is 19.1 Å². The Morgan fingerprint density at radius 1 is 1.44 bits per heavy atom. The van der Waals surface area contributed by atoms with Crippen LogP contribution in [-0.4, -0.2) is 32.5 Å². The lowest BCUT2D eigenvalue weighted by molar-refractivity contribution is -0.119. The van der Waals surface area contributed by atoms with Crippen molar-refractivity contribution in [2.45, 2.75) is 13.3 Å². The third kappa shape index (κ3) is 4.18. The van der Waals surface area contributed by atoms with Gasteiger partial charge in [0.25, 0.3) is 0 Å². The maximum atomic E-state index is 11.5. The SMILES string of the molecule is CCCOc1ccc(C=O)cc1NC(=O)COC. The lowest BCUT2D eigenvalue weighted by Gasteiger charge is -2.12. The molecule has 1 aromatic carbocycles. The number of amides is 1. The molecule has 0 aliphatic carbocycles. The van der Waals surface area contributed by atoms with E-state index in [1.807, 2.05) is 6.92 Å². The van der Waals surface area contributed by atoms with Crippen molar-refractivity contribution >= 4 is 17.9 Å². The van der Waals surface area contributed by atoms with E-state index in [0.717, 1.165) is 12.7 Å². The fraction of sp³-hybridized carbons (Fsp3) is 0.385. The van der Waals surface area contributed by atoms with Gasteiger partial charge in [-0.2, -0.15) is 0 Å². The molecule has 0 fully saturated rings. The van der Waals surface area contributed by atoms with Crippen LogP contribution in [0.1, 0.15) is 23.7 Å². The highest BCUT2D eigenvalue weighted by Gasteiger charge is 2.08. The van der Waals surface area contributed by atoms with Crippen LogP contribution < -0.4 is 10.1 Å². The predicted octanol–water partition coefficient (Wildman–Crippen LogP) is 1.87. The number of carbonyl (C=O) groups is 2. The van der Waals surface area contributed by atoms with E-state index in [-0.39, 0.29) is 12.5 Å². The predicted molar refractivity (Wildman–Crippen MR) is 68.1 cm³/mol. The van der Waals surface area contributed by atoms with Crippen molar-refractivity contribution in [3.63, 3.8) is 0 Å². The Bertz CT molecular complexity index is 417. The quantitative estimate of drug-likeness (QED) is 0.751. The van der Waals surface area contributed by atoms with Gasteiger partial charge < -0.3 is 14.8 Å². The Hall–Kier alpha value is -1.88. The van der Waals surface area contributed by atoms with Gasteiger partial charge in [0, 0.05) is 12.7 Å². The molecule has 98 valence electrons. The summed E-state index contributed by atoms with van der Waals surface area (Å²) in [5.41, 5.74) is 0.960. The van der Waals surface area contributed by atoms with Crippen LogP contribution in [0.15, 0.2) is 18.2 Å². The van der Waals surface area contributed by atoms with Crippen molar-refractivity contribution in [3.8, 4) is 5.75 Å². The van der Waals surface area contributed by atoms with Gasteiger partial charge in [-0.3, -0.25) is 9.59 Å². The summed E-state index contributed by atoms with van der Waals surface area (Å²) in [5.74, 6) is 0.258. The molecule has 5 nitrogen and oxygen atoms in total. The molecule has 0 radical (unpaired) electrons. The van der Waals surface area contributed by atoms with Crippen LogP contribution in [0.4, 0.5) is 5.69 Å². The molecule has 1 aromatic rings. The smallest absolute Gasteiger partial charge is 0.250 e. The van der Waals surface area contributed by atoms with Gasteiger partial charge in [-0.05, 0) is 24.6 Å². The Balaban J connectivity index is 2.88. The Morgan fingerprint density at radius 2 is 2.22 bits per heavy atom. The summed E-state index contributed by atoms with van der Waals surface area (Å²) in [5, 5.41) is 2.65. The molecule has 0 saturated heterocycles. The van der Waals surface area contributed by atoms with Gasteiger partial charge in [-0.1, -0.05) is 6.92 Å². The van der Waals surface area contributed by atoms with Crippen LogP contribution in [0, 0.1) is 0 Å². The third-order valence-electron chi connectivity index (χ3n) is 2.15. The van der Waals surface area contributed by atoms with Gasteiger partial charge in [0.1, 0.15) is 18.6 Å². The monoisotopic (exact) mass is 251 g/mol. The van der Waals surface area contributed by atoms with E-state index < -0.39 is 0 Å². The molecule has 0 unspecified atom stereocenters. The van der Waals surface area contributed by atoms with Crippen molar-refractivity contribution in [2.75, 3.05) is 25.6 Å². The molecule has 1 amide bonds. The van der Waals surface area contributed by atoms with E-state index in [1.165, 1.54) is 7.11 Å². The second kappa shape index (κ2) is 7.45. The zero-order chi connectivity index (χ0) is 13.4. The standard InChI is InChI=1S/C13H17NO4/c1-3-6-18-12-5-4-10(8-15)7-11(12)14-13(16)9-17-2/h4-5,7-8H,3,6,9H2,1-2H3,(H,14,16). The molecule has 5 heteroatoms. The number of methoxy groups -OCH3 is 1. The van der Waals surface area contributed by atoms with Crippen LogP contribution in [0.2, 0.25) is 0 Å². The van der Waals surface area contributed by atoms with Gasteiger partial charge in [0.15, 0.2) is 0 Å². The van der Waals surface area contributed by atoms with Crippen LogP contribution in [0.25, 0.3) is 0 Å². The molecule has 0 atom stereocenters. The molecule has 0 bridgehead atoms. The first-order chi connectivity index (χ1) is 8.71. The van der Waals surface area contributed by atoms with E-state index in [1.54, 1.807) is 18.2 Å².